The third-order valence-corrected chi connectivity index (χ3v) is 5.83. The van der Waals surface area contributed by atoms with Crippen LogP contribution in [0.4, 0.5) is 10.1 Å². The van der Waals surface area contributed by atoms with Gasteiger partial charge in [0, 0.05) is 35.7 Å². The standard InChI is InChI=1S/C19H21FN2O3S/c1-13-4-5-14(11-15(13)20)22-18(24)17(23)21-12-19(6-8-25-9-7-19)16-3-2-10-26-16/h2-5,10-11H,6-9,12H2,1H3,(H,21,23)(H,22,24). The zero-order valence-electron chi connectivity index (χ0n) is 14.5. The SMILES string of the molecule is Cc1ccc(NC(=O)C(=O)NCC2(c3cccs3)CCOCC2)cc1F. The number of anilines is 1. The molecule has 0 aliphatic carbocycles. The highest BCUT2D eigenvalue weighted by atomic mass is 32.1. The summed E-state index contributed by atoms with van der Waals surface area (Å²) in [5, 5.41) is 7.17. The molecule has 26 heavy (non-hydrogen) atoms. The molecule has 2 N–H and O–H groups in total. The van der Waals surface area contributed by atoms with Crippen molar-refractivity contribution in [3.8, 4) is 0 Å². The molecule has 2 aromatic rings. The molecule has 0 spiro atoms. The topological polar surface area (TPSA) is 67.4 Å². The Bertz CT molecular complexity index is 786. The highest BCUT2D eigenvalue weighted by molar-refractivity contribution is 7.10. The van der Waals surface area contributed by atoms with Crippen molar-refractivity contribution >= 4 is 28.8 Å². The Labute approximate surface area is 155 Å². The van der Waals surface area contributed by atoms with Crippen LogP contribution in [0.25, 0.3) is 0 Å². The predicted molar refractivity (Wildman–Crippen MR) is 98.8 cm³/mol. The van der Waals surface area contributed by atoms with Crippen LogP contribution in [-0.2, 0) is 19.7 Å². The monoisotopic (exact) mass is 376 g/mol. The number of hydrogen-bond donors (Lipinski definition) is 2. The molecule has 0 unspecified atom stereocenters. The molecule has 1 aromatic carbocycles. The van der Waals surface area contributed by atoms with Gasteiger partial charge in [0.25, 0.3) is 0 Å². The van der Waals surface area contributed by atoms with Gasteiger partial charge in [-0.05, 0) is 48.9 Å². The van der Waals surface area contributed by atoms with E-state index in [0.717, 1.165) is 12.8 Å². The van der Waals surface area contributed by atoms with Gasteiger partial charge in [0.1, 0.15) is 5.82 Å². The second kappa shape index (κ2) is 7.97. The minimum Gasteiger partial charge on any atom is -0.381 e. The summed E-state index contributed by atoms with van der Waals surface area (Å²) in [4.78, 5) is 25.5. The first-order valence-electron chi connectivity index (χ1n) is 8.47. The second-order valence-electron chi connectivity index (χ2n) is 6.47. The lowest BCUT2D eigenvalue weighted by Gasteiger charge is -2.36. The first-order valence-corrected chi connectivity index (χ1v) is 9.35. The van der Waals surface area contributed by atoms with Crippen molar-refractivity contribution in [1.29, 1.82) is 0 Å². The molecule has 1 fully saturated rings. The van der Waals surface area contributed by atoms with Crippen LogP contribution in [0, 0.1) is 12.7 Å². The molecule has 3 rings (SSSR count). The Morgan fingerprint density at radius 2 is 2.00 bits per heavy atom. The quantitative estimate of drug-likeness (QED) is 0.806. The summed E-state index contributed by atoms with van der Waals surface area (Å²) in [7, 11) is 0. The molecular weight excluding hydrogens is 355 g/mol. The van der Waals surface area contributed by atoms with Gasteiger partial charge in [0.2, 0.25) is 0 Å². The van der Waals surface area contributed by atoms with E-state index in [-0.39, 0.29) is 11.1 Å². The number of amides is 2. The van der Waals surface area contributed by atoms with Crippen LogP contribution < -0.4 is 10.6 Å². The minimum atomic E-state index is -0.804. The zero-order valence-corrected chi connectivity index (χ0v) is 15.3. The first kappa shape index (κ1) is 18.5. The third-order valence-electron chi connectivity index (χ3n) is 4.72. The maximum absolute atomic E-state index is 13.6. The number of carbonyl (C=O) groups excluding carboxylic acids is 2. The van der Waals surface area contributed by atoms with E-state index in [9.17, 15) is 14.0 Å². The second-order valence-corrected chi connectivity index (χ2v) is 7.42. The molecule has 0 bridgehead atoms. The summed E-state index contributed by atoms with van der Waals surface area (Å²) in [6, 6.07) is 8.35. The molecule has 1 aliphatic heterocycles. The number of carbonyl (C=O) groups is 2. The van der Waals surface area contributed by atoms with Crippen LogP contribution in [0.3, 0.4) is 0 Å². The van der Waals surface area contributed by atoms with Gasteiger partial charge in [-0.1, -0.05) is 12.1 Å². The largest absolute Gasteiger partial charge is 0.381 e. The van der Waals surface area contributed by atoms with Crippen molar-refractivity contribution in [3.05, 3.63) is 52.0 Å². The molecule has 0 atom stereocenters. The predicted octanol–water partition coefficient (Wildman–Crippen LogP) is 3.00. The molecule has 0 saturated carbocycles. The molecule has 0 radical (unpaired) electrons. The summed E-state index contributed by atoms with van der Waals surface area (Å²) >= 11 is 1.64. The van der Waals surface area contributed by atoms with Gasteiger partial charge < -0.3 is 15.4 Å². The van der Waals surface area contributed by atoms with Crippen LogP contribution in [-0.4, -0.2) is 31.6 Å². The van der Waals surface area contributed by atoms with Crippen molar-refractivity contribution < 1.29 is 18.7 Å². The number of benzene rings is 1. The molecule has 1 saturated heterocycles. The fraction of sp³-hybridized carbons (Fsp3) is 0.368. The van der Waals surface area contributed by atoms with Crippen LogP contribution in [0.1, 0.15) is 23.3 Å². The van der Waals surface area contributed by atoms with Crippen LogP contribution >= 0.6 is 11.3 Å². The number of halogens is 1. The molecular formula is C19H21FN2O3S. The van der Waals surface area contributed by atoms with Gasteiger partial charge >= 0.3 is 11.8 Å². The Balaban J connectivity index is 1.63. The van der Waals surface area contributed by atoms with E-state index in [0.29, 0.717) is 25.3 Å². The summed E-state index contributed by atoms with van der Waals surface area (Å²) in [5.74, 6) is -1.96. The molecule has 1 aliphatic rings. The van der Waals surface area contributed by atoms with E-state index in [1.807, 2.05) is 11.4 Å². The molecule has 7 heteroatoms. The Morgan fingerprint density at radius 1 is 1.23 bits per heavy atom. The average molecular weight is 376 g/mol. The summed E-state index contributed by atoms with van der Waals surface area (Å²) in [6.07, 6.45) is 1.58. The lowest BCUT2D eigenvalue weighted by atomic mass is 9.78. The fourth-order valence-electron chi connectivity index (χ4n) is 3.04. The first-order chi connectivity index (χ1) is 12.5. The summed E-state index contributed by atoms with van der Waals surface area (Å²) in [5.41, 5.74) is 0.523. The van der Waals surface area contributed by atoms with Crippen LogP contribution in [0.5, 0.6) is 0 Å². The van der Waals surface area contributed by atoms with Gasteiger partial charge in [0.15, 0.2) is 0 Å². The van der Waals surface area contributed by atoms with Gasteiger partial charge in [0.05, 0.1) is 0 Å². The fourth-order valence-corrected chi connectivity index (χ4v) is 4.03. The molecule has 1 aromatic heterocycles. The molecule has 5 nitrogen and oxygen atoms in total. The van der Waals surface area contributed by atoms with Gasteiger partial charge in [-0.2, -0.15) is 0 Å². The van der Waals surface area contributed by atoms with Crippen LogP contribution in [0.15, 0.2) is 35.7 Å². The van der Waals surface area contributed by atoms with E-state index < -0.39 is 17.6 Å². The van der Waals surface area contributed by atoms with E-state index in [2.05, 4.69) is 16.7 Å². The van der Waals surface area contributed by atoms with E-state index in [1.54, 1.807) is 30.4 Å². The highest BCUT2D eigenvalue weighted by Gasteiger charge is 2.36. The van der Waals surface area contributed by atoms with Crippen molar-refractivity contribution in [3.63, 3.8) is 0 Å². The number of aryl methyl sites for hydroxylation is 1. The number of rotatable bonds is 4. The van der Waals surface area contributed by atoms with Gasteiger partial charge in [-0.25, -0.2) is 4.39 Å². The molecule has 138 valence electrons. The van der Waals surface area contributed by atoms with Crippen molar-refractivity contribution in [1.82, 2.24) is 5.32 Å². The maximum Gasteiger partial charge on any atom is 0.313 e. The highest BCUT2D eigenvalue weighted by Crippen LogP contribution is 2.36. The number of thiophene rings is 1. The zero-order chi connectivity index (χ0) is 18.6. The lowest BCUT2D eigenvalue weighted by molar-refractivity contribution is -0.136. The molecule has 2 amide bonds. The average Bonchev–Trinajstić information content (AvgIpc) is 3.19. The third kappa shape index (κ3) is 4.11. The Kier molecular flexibility index (Phi) is 5.68. The van der Waals surface area contributed by atoms with Gasteiger partial charge in [-0.15, -0.1) is 11.3 Å². The van der Waals surface area contributed by atoms with Crippen molar-refractivity contribution in [2.24, 2.45) is 0 Å². The summed E-state index contributed by atoms with van der Waals surface area (Å²) in [6.45, 7) is 3.25. The summed E-state index contributed by atoms with van der Waals surface area (Å²) < 4.78 is 19.0. The lowest BCUT2D eigenvalue weighted by Crippen LogP contribution is -2.46. The van der Waals surface area contributed by atoms with E-state index in [1.165, 1.54) is 10.9 Å². The Hall–Kier alpha value is -2.25. The minimum absolute atomic E-state index is 0.210. The normalized spacial score (nSPS) is 16.1. The molecule has 2 heterocycles. The van der Waals surface area contributed by atoms with Crippen LogP contribution in [0.2, 0.25) is 0 Å². The van der Waals surface area contributed by atoms with Crippen molar-refractivity contribution in [2.45, 2.75) is 25.2 Å². The maximum atomic E-state index is 13.6. The van der Waals surface area contributed by atoms with E-state index >= 15 is 0 Å². The van der Waals surface area contributed by atoms with E-state index in [4.69, 9.17) is 4.74 Å². The number of ether oxygens (including phenoxy) is 1. The Morgan fingerprint density at radius 3 is 2.65 bits per heavy atom. The number of hydrogen-bond acceptors (Lipinski definition) is 4. The smallest absolute Gasteiger partial charge is 0.313 e. The number of nitrogens with one attached hydrogen (secondary N) is 2. The van der Waals surface area contributed by atoms with Gasteiger partial charge in [-0.3, -0.25) is 9.59 Å². The van der Waals surface area contributed by atoms with Crippen molar-refractivity contribution in [2.75, 3.05) is 25.1 Å².